The zero-order valence-electron chi connectivity index (χ0n) is 16.7. The summed E-state index contributed by atoms with van der Waals surface area (Å²) >= 11 is 3.76. The number of nitrogens with one attached hydrogen (secondary N) is 1. The van der Waals surface area contributed by atoms with E-state index in [9.17, 15) is 4.79 Å². The SMILES string of the molecule is CCC(C)=C(Cc1ccc(/C=C/C(=O)O)cc1)NC(c1ccccc1)C(C)Br. The van der Waals surface area contributed by atoms with Gasteiger partial charge in [-0.15, -0.1) is 0 Å². The van der Waals surface area contributed by atoms with Gasteiger partial charge in [-0.3, -0.25) is 0 Å². The molecule has 0 heterocycles. The first-order valence-electron chi connectivity index (χ1n) is 9.54. The van der Waals surface area contributed by atoms with Crippen LogP contribution in [0, 0.1) is 0 Å². The summed E-state index contributed by atoms with van der Waals surface area (Å²) in [5, 5.41) is 12.5. The minimum Gasteiger partial charge on any atom is -0.478 e. The standard InChI is InChI=1S/C24H28BrNO2/c1-4-17(2)22(26-24(18(3)25)21-8-6-5-7-9-21)16-20-12-10-19(11-13-20)14-15-23(27)28/h5-15,18,24,26H,4,16H2,1-3H3,(H,27,28)/b15-14+,22-17?. The average molecular weight is 442 g/mol. The average Bonchev–Trinajstić information content (AvgIpc) is 2.70. The molecule has 3 nitrogen and oxygen atoms in total. The number of rotatable bonds is 9. The van der Waals surface area contributed by atoms with E-state index in [4.69, 9.17) is 5.11 Å². The van der Waals surface area contributed by atoms with Gasteiger partial charge in [0.15, 0.2) is 0 Å². The number of hydrogen-bond acceptors (Lipinski definition) is 2. The summed E-state index contributed by atoms with van der Waals surface area (Å²) < 4.78 is 0. The molecule has 0 spiro atoms. The number of aliphatic carboxylic acids is 1. The minimum absolute atomic E-state index is 0.176. The number of carboxylic acids is 1. The van der Waals surface area contributed by atoms with Gasteiger partial charge in [0.2, 0.25) is 0 Å². The zero-order chi connectivity index (χ0) is 20.5. The number of benzene rings is 2. The van der Waals surface area contributed by atoms with Crippen LogP contribution >= 0.6 is 15.9 Å². The second-order valence-corrected chi connectivity index (χ2v) is 8.36. The van der Waals surface area contributed by atoms with E-state index >= 15 is 0 Å². The van der Waals surface area contributed by atoms with E-state index in [1.54, 1.807) is 6.08 Å². The van der Waals surface area contributed by atoms with E-state index in [0.717, 1.165) is 24.5 Å². The van der Waals surface area contributed by atoms with Crippen LogP contribution in [0.1, 0.15) is 49.9 Å². The summed E-state index contributed by atoms with van der Waals surface area (Å²) in [6, 6.07) is 18.7. The Morgan fingerprint density at radius 3 is 2.32 bits per heavy atom. The Kier molecular flexibility index (Phi) is 8.52. The molecule has 2 aromatic carbocycles. The maximum Gasteiger partial charge on any atom is 0.328 e. The first-order valence-corrected chi connectivity index (χ1v) is 10.5. The van der Waals surface area contributed by atoms with Crippen LogP contribution in [0.2, 0.25) is 0 Å². The first-order chi connectivity index (χ1) is 13.4. The number of alkyl halides is 1. The molecule has 2 rings (SSSR count). The number of carbonyl (C=O) groups is 1. The van der Waals surface area contributed by atoms with E-state index in [-0.39, 0.29) is 10.9 Å². The Hall–Kier alpha value is -2.33. The number of carboxylic acid groups (broad SMARTS) is 1. The van der Waals surface area contributed by atoms with Crippen LogP contribution in [0.5, 0.6) is 0 Å². The fourth-order valence-corrected chi connectivity index (χ4v) is 3.41. The monoisotopic (exact) mass is 441 g/mol. The van der Waals surface area contributed by atoms with Crippen LogP contribution in [0.4, 0.5) is 0 Å². The fraction of sp³-hybridized carbons (Fsp3) is 0.292. The summed E-state index contributed by atoms with van der Waals surface area (Å²) in [5.74, 6) is -0.937. The Morgan fingerprint density at radius 1 is 1.14 bits per heavy atom. The fourth-order valence-electron chi connectivity index (χ4n) is 2.97. The van der Waals surface area contributed by atoms with Crippen LogP contribution in [0.25, 0.3) is 6.08 Å². The predicted octanol–water partition coefficient (Wildman–Crippen LogP) is 6.13. The van der Waals surface area contributed by atoms with Gasteiger partial charge in [0.05, 0.1) is 6.04 Å². The largest absolute Gasteiger partial charge is 0.478 e. The normalized spacial score (nSPS) is 14.4. The third-order valence-corrected chi connectivity index (χ3v) is 5.30. The van der Waals surface area contributed by atoms with Gasteiger partial charge in [-0.2, -0.15) is 0 Å². The highest BCUT2D eigenvalue weighted by Crippen LogP contribution is 2.25. The maximum atomic E-state index is 10.7. The van der Waals surface area contributed by atoms with Gasteiger partial charge >= 0.3 is 5.97 Å². The van der Waals surface area contributed by atoms with E-state index in [2.05, 4.69) is 78.4 Å². The molecule has 0 aliphatic heterocycles. The molecular weight excluding hydrogens is 414 g/mol. The van der Waals surface area contributed by atoms with Crippen LogP contribution in [-0.2, 0) is 11.2 Å². The van der Waals surface area contributed by atoms with Gasteiger partial charge in [-0.05, 0) is 36.1 Å². The molecule has 0 fully saturated rings. The van der Waals surface area contributed by atoms with Crippen LogP contribution in [-0.4, -0.2) is 15.9 Å². The van der Waals surface area contributed by atoms with Crippen molar-refractivity contribution in [1.29, 1.82) is 0 Å². The van der Waals surface area contributed by atoms with Gasteiger partial charge in [-0.25, -0.2) is 4.79 Å². The Labute approximate surface area is 176 Å². The summed E-state index contributed by atoms with van der Waals surface area (Å²) in [7, 11) is 0. The number of halogens is 1. The van der Waals surface area contributed by atoms with Crippen LogP contribution < -0.4 is 5.32 Å². The van der Waals surface area contributed by atoms with Gasteiger partial charge in [0, 0.05) is 23.0 Å². The van der Waals surface area contributed by atoms with E-state index in [1.165, 1.54) is 22.4 Å². The van der Waals surface area contributed by atoms with Crippen molar-refractivity contribution in [2.45, 2.75) is 44.5 Å². The molecule has 0 amide bonds. The van der Waals surface area contributed by atoms with Crippen molar-refractivity contribution in [3.05, 3.63) is 88.6 Å². The molecule has 2 N–H and O–H groups in total. The van der Waals surface area contributed by atoms with Crippen molar-refractivity contribution in [1.82, 2.24) is 5.32 Å². The molecule has 0 aliphatic rings. The lowest BCUT2D eigenvalue weighted by atomic mass is 9.99. The van der Waals surface area contributed by atoms with E-state index < -0.39 is 5.97 Å². The van der Waals surface area contributed by atoms with Gasteiger partial charge in [-0.1, -0.05) is 89.9 Å². The smallest absolute Gasteiger partial charge is 0.328 e. The second kappa shape index (κ2) is 10.9. The summed E-state index contributed by atoms with van der Waals surface area (Å²) in [6.07, 6.45) is 4.56. The van der Waals surface area contributed by atoms with Gasteiger partial charge < -0.3 is 10.4 Å². The molecular formula is C24H28BrNO2. The highest BCUT2D eigenvalue weighted by molar-refractivity contribution is 9.09. The first kappa shape index (κ1) is 22.0. The number of allylic oxidation sites excluding steroid dienone is 2. The Bertz CT molecular complexity index is 823. The molecule has 2 atom stereocenters. The molecule has 148 valence electrons. The van der Waals surface area contributed by atoms with Crippen LogP contribution in [0.15, 0.2) is 71.9 Å². The Balaban J connectivity index is 2.21. The molecule has 28 heavy (non-hydrogen) atoms. The van der Waals surface area contributed by atoms with Crippen molar-refractivity contribution < 1.29 is 9.90 Å². The predicted molar refractivity (Wildman–Crippen MR) is 121 cm³/mol. The topological polar surface area (TPSA) is 49.3 Å². The van der Waals surface area contributed by atoms with Crippen molar-refractivity contribution in [3.8, 4) is 0 Å². The molecule has 4 heteroatoms. The third-order valence-electron chi connectivity index (χ3n) is 4.77. The molecule has 0 bridgehead atoms. The van der Waals surface area contributed by atoms with Crippen molar-refractivity contribution in [3.63, 3.8) is 0 Å². The molecule has 2 aromatic rings. The van der Waals surface area contributed by atoms with E-state index in [1.807, 2.05) is 18.2 Å². The molecule has 0 saturated carbocycles. The van der Waals surface area contributed by atoms with Crippen molar-refractivity contribution >= 4 is 28.0 Å². The van der Waals surface area contributed by atoms with Gasteiger partial charge in [0.1, 0.15) is 0 Å². The summed E-state index contributed by atoms with van der Waals surface area (Å²) in [5.41, 5.74) is 5.90. The minimum atomic E-state index is -0.937. The van der Waals surface area contributed by atoms with Crippen molar-refractivity contribution in [2.75, 3.05) is 0 Å². The number of hydrogen-bond donors (Lipinski definition) is 2. The molecule has 0 radical (unpaired) electrons. The van der Waals surface area contributed by atoms with Gasteiger partial charge in [0.25, 0.3) is 0 Å². The summed E-state index contributed by atoms with van der Waals surface area (Å²) in [4.78, 5) is 10.9. The van der Waals surface area contributed by atoms with E-state index in [0.29, 0.717) is 0 Å². The second-order valence-electron chi connectivity index (χ2n) is 6.91. The third kappa shape index (κ3) is 6.68. The highest BCUT2D eigenvalue weighted by Gasteiger charge is 2.18. The lowest BCUT2D eigenvalue weighted by molar-refractivity contribution is -0.131. The molecule has 2 unspecified atom stereocenters. The zero-order valence-corrected chi connectivity index (χ0v) is 18.2. The van der Waals surface area contributed by atoms with Crippen LogP contribution in [0.3, 0.4) is 0 Å². The lowest BCUT2D eigenvalue weighted by Gasteiger charge is -2.26. The Morgan fingerprint density at radius 2 is 1.79 bits per heavy atom. The molecule has 0 saturated heterocycles. The lowest BCUT2D eigenvalue weighted by Crippen LogP contribution is -2.28. The molecule has 0 aliphatic carbocycles. The summed E-state index contributed by atoms with van der Waals surface area (Å²) in [6.45, 7) is 6.51. The maximum absolute atomic E-state index is 10.7. The van der Waals surface area contributed by atoms with Crippen molar-refractivity contribution in [2.24, 2.45) is 0 Å². The highest BCUT2D eigenvalue weighted by atomic mass is 79.9. The molecule has 0 aromatic heterocycles. The quantitative estimate of drug-likeness (QED) is 0.363.